The first-order chi connectivity index (χ1) is 10.1. The number of hydrogen-bond donors (Lipinski definition) is 2. The normalized spacial score (nSPS) is 16.1. The van der Waals surface area contributed by atoms with Gasteiger partial charge in [0, 0.05) is 31.0 Å². The van der Waals surface area contributed by atoms with Crippen LogP contribution in [0.1, 0.15) is 33.6 Å². The molecule has 1 fully saturated rings. The Labute approximate surface area is 127 Å². The Kier molecular flexibility index (Phi) is 5.48. The summed E-state index contributed by atoms with van der Waals surface area (Å²) in [6.07, 6.45) is 2.57. The van der Waals surface area contributed by atoms with Crippen molar-refractivity contribution in [1.29, 1.82) is 0 Å². The molecular weight excluding hydrogens is 262 g/mol. The number of benzene rings is 1. The van der Waals surface area contributed by atoms with E-state index in [4.69, 9.17) is 0 Å². The molecule has 1 saturated heterocycles. The van der Waals surface area contributed by atoms with Crippen molar-refractivity contribution in [3.05, 3.63) is 24.3 Å². The number of carbonyl (C=O) groups is 1. The van der Waals surface area contributed by atoms with Crippen LogP contribution in [0.25, 0.3) is 0 Å². The molecule has 21 heavy (non-hydrogen) atoms. The number of anilines is 2. The molecule has 1 aromatic rings. The van der Waals surface area contributed by atoms with Gasteiger partial charge in [0.05, 0.1) is 0 Å². The van der Waals surface area contributed by atoms with Crippen LogP contribution >= 0.6 is 0 Å². The van der Waals surface area contributed by atoms with Crippen molar-refractivity contribution in [2.24, 2.45) is 5.92 Å². The van der Waals surface area contributed by atoms with Gasteiger partial charge < -0.3 is 15.5 Å². The Morgan fingerprint density at radius 3 is 2.33 bits per heavy atom. The zero-order valence-electron chi connectivity index (χ0n) is 13.4. The largest absolute Gasteiger partial charge is 0.374 e. The first-order valence-corrected chi connectivity index (χ1v) is 7.95. The molecule has 0 radical (unpaired) electrons. The third-order valence-electron chi connectivity index (χ3n) is 3.80. The molecule has 4 heteroatoms. The highest BCUT2D eigenvalue weighted by atomic mass is 16.2. The van der Waals surface area contributed by atoms with Crippen LogP contribution < -0.4 is 15.5 Å². The van der Waals surface area contributed by atoms with E-state index in [0.29, 0.717) is 5.92 Å². The van der Waals surface area contributed by atoms with Crippen molar-refractivity contribution >= 4 is 17.3 Å². The molecule has 1 aliphatic rings. The molecule has 1 unspecified atom stereocenters. The highest BCUT2D eigenvalue weighted by molar-refractivity contribution is 5.84. The summed E-state index contributed by atoms with van der Waals surface area (Å²) in [5.41, 5.74) is 2.26. The molecular formula is C17H27N3O. The number of amides is 1. The van der Waals surface area contributed by atoms with Gasteiger partial charge in [-0.1, -0.05) is 13.8 Å². The van der Waals surface area contributed by atoms with E-state index in [1.807, 2.05) is 6.92 Å². The van der Waals surface area contributed by atoms with Crippen LogP contribution in [0.15, 0.2) is 24.3 Å². The molecule has 0 bridgehead atoms. The maximum absolute atomic E-state index is 11.9. The molecule has 0 aliphatic carbocycles. The lowest BCUT2D eigenvalue weighted by atomic mass is 10.2. The summed E-state index contributed by atoms with van der Waals surface area (Å²) in [5, 5.41) is 6.20. The summed E-state index contributed by atoms with van der Waals surface area (Å²) in [6.45, 7) is 9.11. The smallest absolute Gasteiger partial charge is 0.242 e. The fourth-order valence-electron chi connectivity index (χ4n) is 2.52. The van der Waals surface area contributed by atoms with E-state index < -0.39 is 0 Å². The molecule has 0 aromatic heterocycles. The summed E-state index contributed by atoms with van der Waals surface area (Å²) in [5.74, 6) is 0.521. The molecule has 1 aliphatic heterocycles. The first kappa shape index (κ1) is 15.7. The van der Waals surface area contributed by atoms with Crippen molar-refractivity contribution in [2.75, 3.05) is 29.9 Å². The summed E-state index contributed by atoms with van der Waals surface area (Å²) >= 11 is 0. The summed E-state index contributed by atoms with van der Waals surface area (Å²) in [6, 6.07) is 8.15. The number of nitrogens with zero attached hydrogens (tertiary/aromatic N) is 1. The van der Waals surface area contributed by atoms with Crippen LogP contribution in [-0.2, 0) is 4.79 Å². The van der Waals surface area contributed by atoms with Crippen LogP contribution in [-0.4, -0.2) is 31.6 Å². The van der Waals surface area contributed by atoms with Crippen molar-refractivity contribution < 1.29 is 4.79 Å². The predicted octanol–water partition coefficient (Wildman–Crippen LogP) is 2.86. The van der Waals surface area contributed by atoms with E-state index in [9.17, 15) is 4.79 Å². The highest BCUT2D eigenvalue weighted by Crippen LogP contribution is 2.22. The van der Waals surface area contributed by atoms with Gasteiger partial charge in [0.2, 0.25) is 5.91 Å². The molecule has 1 amide bonds. The molecule has 1 aromatic carbocycles. The topological polar surface area (TPSA) is 44.4 Å². The average Bonchev–Trinajstić information content (AvgIpc) is 2.99. The highest BCUT2D eigenvalue weighted by Gasteiger charge is 2.14. The van der Waals surface area contributed by atoms with E-state index in [0.717, 1.165) is 25.3 Å². The van der Waals surface area contributed by atoms with E-state index in [2.05, 4.69) is 53.6 Å². The van der Waals surface area contributed by atoms with Gasteiger partial charge in [0.1, 0.15) is 6.04 Å². The molecule has 0 saturated carbocycles. The zero-order chi connectivity index (χ0) is 15.2. The Balaban J connectivity index is 1.85. The number of hydrogen-bond acceptors (Lipinski definition) is 3. The predicted molar refractivity (Wildman–Crippen MR) is 88.8 cm³/mol. The second-order valence-electron chi connectivity index (χ2n) is 6.25. The quantitative estimate of drug-likeness (QED) is 0.846. The van der Waals surface area contributed by atoms with Gasteiger partial charge in [-0.25, -0.2) is 0 Å². The van der Waals surface area contributed by atoms with Gasteiger partial charge in [-0.3, -0.25) is 4.79 Å². The second-order valence-corrected chi connectivity index (χ2v) is 6.25. The molecule has 2 N–H and O–H groups in total. The minimum Gasteiger partial charge on any atom is -0.374 e. The lowest BCUT2D eigenvalue weighted by Gasteiger charge is -2.19. The standard InChI is InChI=1S/C17H27N3O/c1-13(2)12-18-17(21)14(3)19-15-6-8-16(9-7-15)20-10-4-5-11-20/h6-9,13-14,19H,4-5,10-12H2,1-3H3,(H,18,21). The second kappa shape index (κ2) is 7.34. The first-order valence-electron chi connectivity index (χ1n) is 7.95. The summed E-state index contributed by atoms with van der Waals surface area (Å²) in [4.78, 5) is 14.4. The third-order valence-corrected chi connectivity index (χ3v) is 3.80. The average molecular weight is 289 g/mol. The van der Waals surface area contributed by atoms with Gasteiger partial charge >= 0.3 is 0 Å². The molecule has 4 nitrogen and oxygen atoms in total. The van der Waals surface area contributed by atoms with Crippen LogP contribution in [0.2, 0.25) is 0 Å². The SMILES string of the molecule is CC(C)CNC(=O)C(C)Nc1ccc(N2CCCC2)cc1. The van der Waals surface area contributed by atoms with Crippen molar-refractivity contribution in [1.82, 2.24) is 5.32 Å². The van der Waals surface area contributed by atoms with Gasteiger partial charge in [0.25, 0.3) is 0 Å². The van der Waals surface area contributed by atoms with Crippen LogP contribution in [0.3, 0.4) is 0 Å². The zero-order valence-corrected chi connectivity index (χ0v) is 13.4. The Bertz CT molecular complexity index is 450. The fourth-order valence-corrected chi connectivity index (χ4v) is 2.52. The van der Waals surface area contributed by atoms with Gasteiger partial charge in [-0.2, -0.15) is 0 Å². The molecule has 2 rings (SSSR count). The lowest BCUT2D eigenvalue weighted by molar-refractivity contribution is -0.121. The molecule has 116 valence electrons. The summed E-state index contributed by atoms with van der Waals surface area (Å²) < 4.78 is 0. The minimum atomic E-state index is -0.221. The number of carbonyl (C=O) groups excluding carboxylic acids is 1. The van der Waals surface area contributed by atoms with Crippen LogP contribution in [0.5, 0.6) is 0 Å². The Morgan fingerprint density at radius 2 is 1.76 bits per heavy atom. The maximum Gasteiger partial charge on any atom is 0.242 e. The van der Waals surface area contributed by atoms with E-state index >= 15 is 0 Å². The third kappa shape index (κ3) is 4.66. The monoisotopic (exact) mass is 289 g/mol. The fraction of sp³-hybridized carbons (Fsp3) is 0.588. The van der Waals surface area contributed by atoms with Crippen molar-refractivity contribution in [2.45, 2.75) is 39.7 Å². The van der Waals surface area contributed by atoms with Gasteiger partial charge in [-0.15, -0.1) is 0 Å². The summed E-state index contributed by atoms with van der Waals surface area (Å²) in [7, 11) is 0. The van der Waals surface area contributed by atoms with Crippen molar-refractivity contribution in [3.8, 4) is 0 Å². The minimum absolute atomic E-state index is 0.0484. The lowest BCUT2D eigenvalue weighted by Crippen LogP contribution is -2.39. The van der Waals surface area contributed by atoms with Crippen molar-refractivity contribution in [3.63, 3.8) is 0 Å². The van der Waals surface area contributed by atoms with Gasteiger partial charge in [0.15, 0.2) is 0 Å². The maximum atomic E-state index is 11.9. The van der Waals surface area contributed by atoms with Crippen LogP contribution in [0.4, 0.5) is 11.4 Å². The van der Waals surface area contributed by atoms with E-state index in [1.54, 1.807) is 0 Å². The van der Waals surface area contributed by atoms with Gasteiger partial charge in [-0.05, 0) is 49.9 Å². The Hall–Kier alpha value is -1.71. The molecule has 0 spiro atoms. The molecule has 1 atom stereocenters. The number of rotatable bonds is 6. The van der Waals surface area contributed by atoms with E-state index in [-0.39, 0.29) is 11.9 Å². The molecule has 1 heterocycles. The van der Waals surface area contributed by atoms with E-state index in [1.165, 1.54) is 18.5 Å². The van der Waals surface area contributed by atoms with Crippen LogP contribution in [0, 0.1) is 5.92 Å². The Morgan fingerprint density at radius 1 is 1.14 bits per heavy atom. The number of nitrogens with one attached hydrogen (secondary N) is 2.